The van der Waals surface area contributed by atoms with Crippen molar-refractivity contribution in [3.05, 3.63) is 67.2 Å². The van der Waals surface area contributed by atoms with Crippen LogP contribution in [0.4, 0.5) is 0 Å². The molecule has 1 aliphatic heterocycles. The summed E-state index contributed by atoms with van der Waals surface area (Å²) in [7, 11) is 0. The first-order valence-corrected chi connectivity index (χ1v) is 11.2. The van der Waals surface area contributed by atoms with Gasteiger partial charge in [0.1, 0.15) is 15.9 Å². The summed E-state index contributed by atoms with van der Waals surface area (Å²) in [5.41, 5.74) is 4.01. The van der Waals surface area contributed by atoms with Gasteiger partial charge in [0.05, 0.1) is 9.95 Å². The second-order valence-electron chi connectivity index (χ2n) is 6.80. The number of carbonyl (C=O) groups excluding carboxylic acids is 1. The Labute approximate surface area is 182 Å². The van der Waals surface area contributed by atoms with Crippen molar-refractivity contribution < 1.29 is 4.79 Å². The highest BCUT2D eigenvalue weighted by molar-refractivity contribution is 8.19. The lowest BCUT2D eigenvalue weighted by Gasteiger charge is -2.10. The summed E-state index contributed by atoms with van der Waals surface area (Å²) in [5.74, 6) is -0.702. The fraction of sp³-hybridized carbons (Fsp3) is 0.238. The first kappa shape index (κ1) is 20.1. The first-order chi connectivity index (χ1) is 13.9. The zero-order valence-electron chi connectivity index (χ0n) is 16.2. The molecule has 0 amide bonds. The molecule has 1 unspecified atom stereocenters. The van der Waals surface area contributed by atoms with E-state index in [0.717, 1.165) is 34.1 Å². The summed E-state index contributed by atoms with van der Waals surface area (Å²) in [6, 6.07) is 9.74. The van der Waals surface area contributed by atoms with Crippen LogP contribution in [0.15, 0.2) is 35.2 Å². The van der Waals surface area contributed by atoms with E-state index in [1.165, 1.54) is 23.1 Å². The lowest BCUT2D eigenvalue weighted by molar-refractivity contribution is -0.114. The topological polar surface area (TPSA) is 71.6 Å². The first-order valence-electron chi connectivity index (χ1n) is 9.18. The lowest BCUT2D eigenvalue weighted by Crippen LogP contribution is -2.11. The van der Waals surface area contributed by atoms with Crippen molar-refractivity contribution in [3.63, 3.8) is 0 Å². The summed E-state index contributed by atoms with van der Waals surface area (Å²) >= 11 is 8.79. The lowest BCUT2D eigenvalue weighted by atomic mass is 10.1. The Kier molecular flexibility index (Phi) is 5.46. The molecule has 0 spiro atoms. The Morgan fingerprint density at radius 3 is 2.76 bits per heavy atom. The van der Waals surface area contributed by atoms with Gasteiger partial charge in [0.15, 0.2) is 5.78 Å². The number of hydrogen-bond acceptors (Lipinski definition) is 6. The SMILES string of the molecule is CCc1nnc(C2C(=N)SC(=Cc3cc(C)n(-c4cccc(Cl)c4)c3C)C2=O)s1. The van der Waals surface area contributed by atoms with E-state index in [-0.39, 0.29) is 5.78 Å². The molecule has 1 saturated heterocycles. The van der Waals surface area contributed by atoms with Crippen LogP contribution in [0.25, 0.3) is 11.8 Å². The number of benzene rings is 1. The van der Waals surface area contributed by atoms with Gasteiger partial charge in [-0.3, -0.25) is 10.2 Å². The number of ketones is 1. The molecule has 1 fully saturated rings. The average Bonchev–Trinajstić information content (AvgIpc) is 3.33. The predicted octanol–water partition coefficient (Wildman–Crippen LogP) is 5.58. The molecule has 4 rings (SSSR count). The van der Waals surface area contributed by atoms with Crippen molar-refractivity contribution >= 4 is 51.6 Å². The van der Waals surface area contributed by atoms with Crippen molar-refractivity contribution in [2.75, 3.05) is 0 Å². The Hall–Kier alpha value is -2.22. The van der Waals surface area contributed by atoms with Crippen molar-refractivity contribution in [3.8, 4) is 5.69 Å². The smallest absolute Gasteiger partial charge is 0.186 e. The van der Waals surface area contributed by atoms with Crippen LogP contribution in [0.3, 0.4) is 0 Å². The third kappa shape index (κ3) is 3.70. The molecular weight excluding hydrogens is 424 g/mol. The minimum atomic E-state index is -0.625. The van der Waals surface area contributed by atoms with Gasteiger partial charge in [-0.1, -0.05) is 36.4 Å². The van der Waals surface area contributed by atoms with Crippen LogP contribution in [0, 0.1) is 19.3 Å². The Bertz CT molecular complexity index is 1160. The summed E-state index contributed by atoms with van der Waals surface area (Å²) in [5, 5.41) is 19.0. The molecule has 0 saturated carbocycles. The molecule has 2 aromatic heterocycles. The van der Waals surface area contributed by atoms with Crippen LogP contribution >= 0.6 is 34.7 Å². The maximum absolute atomic E-state index is 13.0. The van der Waals surface area contributed by atoms with Crippen LogP contribution in [0.2, 0.25) is 5.02 Å². The van der Waals surface area contributed by atoms with Gasteiger partial charge in [0.2, 0.25) is 0 Å². The van der Waals surface area contributed by atoms with E-state index in [9.17, 15) is 4.79 Å². The minimum Gasteiger partial charge on any atom is -0.318 e. The summed E-state index contributed by atoms with van der Waals surface area (Å²) in [4.78, 5) is 13.6. The number of hydrogen-bond donors (Lipinski definition) is 1. The van der Waals surface area contributed by atoms with Gasteiger partial charge < -0.3 is 4.57 Å². The number of halogens is 1. The molecule has 1 atom stereocenters. The van der Waals surface area contributed by atoms with Crippen molar-refractivity contribution in [1.29, 1.82) is 5.41 Å². The highest BCUT2D eigenvalue weighted by atomic mass is 35.5. The number of aromatic nitrogens is 3. The maximum atomic E-state index is 13.0. The van der Waals surface area contributed by atoms with Gasteiger partial charge in [0, 0.05) is 22.1 Å². The number of aryl methyl sites for hydroxylation is 2. The van der Waals surface area contributed by atoms with E-state index in [2.05, 4.69) is 14.8 Å². The van der Waals surface area contributed by atoms with E-state index in [4.69, 9.17) is 17.0 Å². The van der Waals surface area contributed by atoms with Crippen molar-refractivity contribution in [1.82, 2.24) is 14.8 Å². The van der Waals surface area contributed by atoms with E-state index in [1.54, 1.807) is 0 Å². The standard InChI is InChI=1S/C21H19ClN4OS2/c1-4-17-24-25-21(29-17)18-19(27)16(28-20(18)23)9-13-8-11(2)26(12(13)3)15-7-5-6-14(22)10-15/h5-10,18,23H,4H2,1-3H3. The molecule has 3 heterocycles. The summed E-state index contributed by atoms with van der Waals surface area (Å²) < 4.78 is 2.11. The monoisotopic (exact) mass is 442 g/mol. The summed E-state index contributed by atoms with van der Waals surface area (Å²) in [6.45, 7) is 6.05. The molecule has 1 N–H and O–H groups in total. The van der Waals surface area contributed by atoms with Crippen molar-refractivity contribution in [2.45, 2.75) is 33.1 Å². The molecular formula is C21H19ClN4OS2. The second-order valence-corrected chi connectivity index (χ2v) is 9.42. The Balaban J connectivity index is 1.69. The van der Waals surface area contributed by atoms with Crippen LogP contribution < -0.4 is 0 Å². The van der Waals surface area contributed by atoms with Gasteiger partial charge in [-0.15, -0.1) is 21.5 Å². The average molecular weight is 443 g/mol. The Morgan fingerprint density at radius 2 is 2.07 bits per heavy atom. The zero-order chi connectivity index (χ0) is 20.7. The van der Waals surface area contributed by atoms with Gasteiger partial charge in [-0.25, -0.2) is 0 Å². The fourth-order valence-electron chi connectivity index (χ4n) is 3.43. The second kappa shape index (κ2) is 7.89. The van der Waals surface area contributed by atoms with Crippen LogP contribution in [0.5, 0.6) is 0 Å². The minimum absolute atomic E-state index is 0.0774. The van der Waals surface area contributed by atoms with E-state index in [0.29, 0.717) is 20.0 Å². The molecule has 5 nitrogen and oxygen atoms in total. The van der Waals surface area contributed by atoms with Gasteiger partial charge in [-0.2, -0.15) is 0 Å². The molecule has 8 heteroatoms. The molecule has 29 heavy (non-hydrogen) atoms. The Morgan fingerprint density at radius 1 is 1.28 bits per heavy atom. The highest BCUT2D eigenvalue weighted by Crippen LogP contribution is 2.42. The van der Waals surface area contributed by atoms with Crippen molar-refractivity contribution in [2.24, 2.45) is 0 Å². The number of carbonyl (C=O) groups is 1. The molecule has 148 valence electrons. The fourth-order valence-corrected chi connectivity index (χ4v) is 5.56. The number of nitrogens with zero attached hydrogens (tertiary/aromatic N) is 3. The molecule has 3 aromatic rings. The maximum Gasteiger partial charge on any atom is 0.186 e. The van der Waals surface area contributed by atoms with Crippen LogP contribution in [-0.2, 0) is 11.2 Å². The number of thioether (sulfide) groups is 1. The van der Waals surface area contributed by atoms with E-state index >= 15 is 0 Å². The molecule has 1 aliphatic rings. The summed E-state index contributed by atoms with van der Waals surface area (Å²) in [6.07, 6.45) is 2.66. The predicted molar refractivity (Wildman–Crippen MR) is 121 cm³/mol. The number of Topliss-reactive ketones (excluding diaryl/α,β-unsaturated/α-hetero) is 1. The molecule has 1 aromatic carbocycles. The molecule has 0 radical (unpaired) electrons. The third-order valence-electron chi connectivity index (χ3n) is 4.84. The number of rotatable bonds is 4. The van der Waals surface area contributed by atoms with Gasteiger partial charge in [-0.05, 0) is 56.2 Å². The van der Waals surface area contributed by atoms with Gasteiger partial charge in [0.25, 0.3) is 0 Å². The third-order valence-corrected chi connectivity index (χ3v) is 7.20. The van der Waals surface area contributed by atoms with Crippen LogP contribution in [-0.4, -0.2) is 25.6 Å². The van der Waals surface area contributed by atoms with Crippen LogP contribution in [0.1, 0.15) is 39.8 Å². The van der Waals surface area contributed by atoms with Gasteiger partial charge >= 0.3 is 0 Å². The number of nitrogens with one attached hydrogen (secondary N) is 1. The van der Waals surface area contributed by atoms with E-state index < -0.39 is 5.92 Å². The molecule has 0 aliphatic carbocycles. The highest BCUT2D eigenvalue weighted by Gasteiger charge is 2.39. The number of allylic oxidation sites excluding steroid dienone is 1. The normalized spacial score (nSPS) is 18.2. The zero-order valence-corrected chi connectivity index (χ0v) is 18.6. The molecule has 0 bridgehead atoms. The largest absolute Gasteiger partial charge is 0.318 e. The van der Waals surface area contributed by atoms with E-state index in [1.807, 2.05) is 57.2 Å². The quantitative estimate of drug-likeness (QED) is 0.535.